The van der Waals surface area contributed by atoms with E-state index in [2.05, 4.69) is 31.1 Å². The summed E-state index contributed by atoms with van der Waals surface area (Å²) in [5.74, 6) is 0.641. The second-order valence-corrected chi connectivity index (χ2v) is 9.00. The van der Waals surface area contributed by atoms with E-state index in [1.54, 1.807) is 24.2 Å². The Bertz CT molecular complexity index is 976. The number of halogens is 1. The van der Waals surface area contributed by atoms with Gasteiger partial charge in [-0.2, -0.15) is 0 Å². The number of nitrogens with one attached hydrogen (secondary N) is 1. The molecule has 164 valence electrons. The zero-order chi connectivity index (χ0) is 22.0. The van der Waals surface area contributed by atoms with Crippen LogP contribution in [0.3, 0.4) is 0 Å². The van der Waals surface area contributed by atoms with Gasteiger partial charge >= 0.3 is 0 Å². The van der Waals surface area contributed by atoms with Crippen LogP contribution in [0.1, 0.15) is 23.2 Å². The predicted octanol–water partition coefficient (Wildman–Crippen LogP) is 2.30. The molecule has 3 N–H and O–H groups in total. The summed E-state index contributed by atoms with van der Waals surface area (Å²) in [5, 5.41) is 3.03. The largest absolute Gasteiger partial charge is 0.359 e. The molecular weight excluding hydrogens is 460 g/mol. The molecule has 3 heterocycles. The number of rotatable bonds is 4. The van der Waals surface area contributed by atoms with E-state index in [9.17, 15) is 9.59 Å². The van der Waals surface area contributed by atoms with Crippen LogP contribution in [0.4, 0.5) is 17.2 Å². The van der Waals surface area contributed by atoms with E-state index in [-0.39, 0.29) is 24.4 Å². The number of hydrogen-bond acceptors (Lipinski definition) is 6. The van der Waals surface area contributed by atoms with Crippen molar-refractivity contribution >= 4 is 44.9 Å². The molecular formula is C22H27BrN6O2. The molecule has 2 saturated heterocycles. The molecule has 0 bridgehead atoms. The minimum atomic E-state index is -0.211. The smallest absolute Gasteiger partial charge is 0.255 e. The quantitative estimate of drug-likeness (QED) is 0.688. The zero-order valence-electron chi connectivity index (χ0n) is 17.6. The molecule has 0 atom stereocenters. The van der Waals surface area contributed by atoms with E-state index in [0.717, 1.165) is 41.9 Å². The van der Waals surface area contributed by atoms with Crippen molar-refractivity contribution in [2.24, 2.45) is 5.73 Å². The van der Waals surface area contributed by atoms with E-state index in [4.69, 9.17) is 5.73 Å². The van der Waals surface area contributed by atoms with Crippen LogP contribution in [-0.2, 0) is 4.79 Å². The predicted molar refractivity (Wildman–Crippen MR) is 126 cm³/mol. The first-order valence-electron chi connectivity index (χ1n) is 10.5. The molecule has 2 aromatic rings. The third kappa shape index (κ3) is 4.99. The molecule has 31 heavy (non-hydrogen) atoms. The fraction of sp³-hybridized carbons (Fsp3) is 0.409. The van der Waals surface area contributed by atoms with E-state index < -0.39 is 0 Å². The van der Waals surface area contributed by atoms with Gasteiger partial charge in [0.1, 0.15) is 5.82 Å². The number of likely N-dealkylation sites (N-methyl/N-ethyl adjacent to an activating group) is 1. The van der Waals surface area contributed by atoms with Crippen LogP contribution in [0.2, 0.25) is 0 Å². The molecule has 8 nitrogen and oxygen atoms in total. The summed E-state index contributed by atoms with van der Waals surface area (Å²) in [7, 11) is 1.81. The summed E-state index contributed by atoms with van der Waals surface area (Å²) in [5.41, 5.74) is 8.04. The molecule has 0 saturated carbocycles. The number of pyridine rings is 1. The molecule has 1 aromatic carbocycles. The molecule has 1 aromatic heterocycles. The van der Waals surface area contributed by atoms with Crippen molar-refractivity contribution < 1.29 is 9.59 Å². The maximum atomic E-state index is 13.1. The molecule has 2 fully saturated rings. The lowest BCUT2D eigenvalue weighted by Gasteiger charge is -2.34. The van der Waals surface area contributed by atoms with Gasteiger partial charge in [-0.25, -0.2) is 4.98 Å². The van der Waals surface area contributed by atoms with Crippen LogP contribution in [0.5, 0.6) is 0 Å². The summed E-state index contributed by atoms with van der Waals surface area (Å²) < 4.78 is 0.854. The number of nitrogens with two attached hydrogens (primary N) is 1. The first-order chi connectivity index (χ1) is 14.9. The number of amides is 2. The Labute approximate surface area is 190 Å². The van der Waals surface area contributed by atoms with Crippen LogP contribution >= 0.6 is 15.9 Å². The summed E-state index contributed by atoms with van der Waals surface area (Å²) in [6.45, 7) is 3.33. The monoisotopic (exact) mass is 486 g/mol. The van der Waals surface area contributed by atoms with Crippen LogP contribution in [-0.4, -0.2) is 67.5 Å². The average Bonchev–Trinajstić information content (AvgIpc) is 2.76. The van der Waals surface area contributed by atoms with Gasteiger partial charge in [0.15, 0.2) is 0 Å². The Kier molecular flexibility index (Phi) is 6.43. The van der Waals surface area contributed by atoms with Crippen molar-refractivity contribution in [3.05, 3.63) is 46.6 Å². The van der Waals surface area contributed by atoms with Crippen molar-refractivity contribution in [1.82, 2.24) is 9.88 Å². The van der Waals surface area contributed by atoms with Gasteiger partial charge in [0.05, 0.1) is 17.9 Å². The Morgan fingerprint density at radius 1 is 1.13 bits per heavy atom. The van der Waals surface area contributed by atoms with Crippen molar-refractivity contribution in [2.45, 2.75) is 18.9 Å². The van der Waals surface area contributed by atoms with E-state index in [1.807, 2.05) is 29.2 Å². The number of hydrogen-bond donors (Lipinski definition) is 2. The van der Waals surface area contributed by atoms with Crippen molar-refractivity contribution in [3.8, 4) is 0 Å². The summed E-state index contributed by atoms with van der Waals surface area (Å²) in [4.78, 5) is 35.6. The van der Waals surface area contributed by atoms with Gasteiger partial charge in [-0.3, -0.25) is 9.59 Å². The number of benzene rings is 1. The minimum Gasteiger partial charge on any atom is -0.359 e. The number of piperazine rings is 1. The zero-order valence-corrected chi connectivity index (χ0v) is 19.1. The van der Waals surface area contributed by atoms with Gasteiger partial charge in [0.2, 0.25) is 5.91 Å². The summed E-state index contributed by atoms with van der Waals surface area (Å²) in [6.07, 6.45) is 3.51. The molecule has 0 aliphatic carbocycles. The Morgan fingerprint density at radius 3 is 2.65 bits per heavy atom. The lowest BCUT2D eigenvalue weighted by Crippen LogP contribution is -2.48. The average molecular weight is 487 g/mol. The number of carbonyl (C=O) groups excluding carboxylic acids is 2. The number of aromatic nitrogens is 1. The van der Waals surface area contributed by atoms with E-state index in [0.29, 0.717) is 24.3 Å². The molecule has 2 amide bonds. The molecule has 9 heteroatoms. The first kappa shape index (κ1) is 21.6. The third-order valence-electron chi connectivity index (χ3n) is 5.88. The van der Waals surface area contributed by atoms with E-state index in [1.165, 1.54) is 0 Å². The second kappa shape index (κ2) is 9.23. The molecule has 0 unspecified atom stereocenters. The Morgan fingerprint density at radius 2 is 1.90 bits per heavy atom. The number of piperidine rings is 1. The topological polar surface area (TPSA) is 94.8 Å². The Hall–Kier alpha value is -2.65. The fourth-order valence-electron chi connectivity index (χ4n) is 3.90. The highest BCUT2D eigenvalue weighted by molar-refractivity contribution is 9.10. The molecule has 2 aliphatic rings. The van der Waals surface area contributed by atoms with Crippen molar-refractivity contribution in [1.29, 1.82) is 0 Å². The summed E-state index contributed by atoms with van der Waals surface area (Å²) >= 11 is 3.48. The van der Waals surface area contributed by atoms with Crippen molar-refractivity contribution in [3.63, 3.8) is 0 Å². The van der Waals surface area contributed by atoms with Gasteiger partial charge in [0, 0.05) is 55.5 Å². The van der Waals surface area contributed by atoms with Gasteiger partial charge in [-0.1, -0.05) is 15.9 Å². The Balaban J connectivity index is 1.53. The number of carbonyl (C=O) groups is 2. The maximum absolute atomic E-state index is 13.1. The summed E-state index contributed by atoms with van der Waals surface area (Å²) in [6, 6.07) is 9.48. The standard InChI is InChI=1S/C22H27BrN6O2/c1-27-10-11-29(14-21(27)30)19-3-2-16(23)13-18(19)26-22(31)15-4-7-25-20(12-15)28-8-5-17(24)6-9-28/h2-4,7,12-13,17H,5-6,8-11,14,24H2,1H3,(H,26,31). The van der Waals surface area contributed by atoms with Gasteiger partial charge in [-0.05, 0) is 43.2 Å². The molecule has 0 radical (unpaired) electrons. The van der Waals surface area contributed by atoms with Crippen LogP contribution in [0, 0.1) is 0 Å². The molecule has 4 rings (SSSR count). The van der Waals surface area contributed by atoms with Gasteiger partial charge < -0.3 is 25.8 Å². The highest BCUT2D eigenvalue weighted by Crippen LogP contribution is 2.31. The van der Waals surface area contributed by atoms with Gasteiger partial charge in [0.25, 0.3) is 5.91 Å². The SMILES string of the molecule is CN1CCN(c2ccc(Br)cc2NC(=O)c2ccnc(N3CCC(N)CC3)c2)CC1=O. The van der Waals surface area contributed by atoms with Crippen LogP contribution in [0.15, 0.2) is 41.0 Å². The highest BCUT2D eigenvalue weighted by atomic mass is 79.9. The first-order valence-corrected chi connectivity index (χ1v) is 11.3. The van der Waals surface area contributed by atoms with Crippen LogP contribution in [0.25, 0.3) is 0 Å². The minimum absolute atomic E-state index is 0.0615. The van der Waals surface area contributed by atoms with Crippen molar-refractivity contribution in [2.75, 3.05) is 54.9 Å². The lowest BCUT2D eigenvalue weighted by atomic mass is 10.1. The maximum Gasteiger partial charge on any atom is 0.255 e. The third-order valence-corrected chi connectivity index (χ3v) is 6.37. The lowest BCUT2D eigenvalue weighted by molar-refractivity contribution is -0.129. The molecule has 2 aliphatic heterocycles. The van der Waals surface area contributed by atoms with E-state index >= 15 is 0 Å². The normalized spacial score (nSPS) is 17.8. The second-order valence-electron chi connectivity index (χ2n) is 8.08. The van der Waals surface area contributed by atoms with Gasteiger partial charge in [-0.15, -0.1) is 0 Å². The number of nitrogens with zero attached hydrogens (tertiary/aromatic N) is 4. The molecule has 0 spiro atoms. The highest BCUT2D eigenvalue weighted by Gasteiger charge is 2.24. The fourth-order valence-corrected chi connectivity index (χ4v) is 4.26. The number of anilines is 3. The van der Waals surface area contributed by atoms with Crippen LogP contribution < -0.4 is 20.9 Å².